The highest BCUT2D eigenvalue weighted by atomic mass is 19.4. The lowest BCUT2D eigenvalue weighted by Gasteiger charge is -2.09. The number of benzene rings is 1. The van der Waals surface area contributed by atoms with E-state index in [4.69, 9.17) is 0 Å². The first-order valence-corrected chi connectivity index (χ1v) is 8.08. The van der Waals surface area contributed by atoms with E-state index in [1.54, 1.807) is 17.8 Å². The van der Waals surface area contributed by atoms with E-state index in [0.717, 1.165) is 0 Å². The van der Waals surface area contributed by atoms with Crippen LogP contribution in [0.25, 0.3) is 5.69 Å². The van der Waals surface area contributed by atoms with Gasteiger partial charge in [0.25, 0.3) is 0 Å². The molecule has 2 N–H and O–H groups in total. The second-order valence-electron chi connectivity index (χ2n) is 5.92. The van der Waals surface area contributed by atoms with Crippen molar-refractivity contribution in [3.8, 4) is 17.2 Å². The van der Waals surface area contributed by atoms with E-state index in [1.807, 2.05) is 0 Å². The molecule has 0 aliphatic carbocycles. The van der Waals surface area contributed by atoms with E-state index in [0.29, 0.717) is 30.2 Å². The molecule has 0 bridgehead atoms. The van der Waals surface area contributed by atoms with Crippen molar-refractivity contribution in [3.63, 3.8) is 0 Å². The van der Waals surface area contributed by atoms with Crippen molar-refractivity contribution in [2.75, 3.05) is 0 Å². The maximum Gasteiger partial charge on any atom is 0.573 e. The molecule has 8 nitrogen and oxygen atoms in total. The van der Waals surface area contributed by atoms with E-state index < -0.39 is 11.8 Å². The third-order valence-corrected chi connectivity index (χ3v) is 3.81. The Bertz CT molecular complexity index is 1010. The first kappa shape index (κ1) is 19.4. The van der Waals surface area contributed by atoms with Crippen LogP contribution >= 0.6 is 0 Å². The fourth-order valence-corrected chi connectivity index (χ4v) is 2.46. The van der Waals surface area contributed by atoms with Gasteiger partial charge in [-0.15, -0.1) is 18.3 Å². The number of halogens is 3. The summed E-state index contributed by atoms with van der Waals surface area (Å²) in [5.74, 6) is -0.640. The Morgan fingerprint density at radius 1 is 1.18 bits per heavy atom. The summed E-state index contributed by atoms with van der Waals surface area (Å²) in [5, 5.41) is 20.4. The summed E-state index contributed by atoms with van der Waals surface area (Å²) in [6, 6.07) is 6.57. The molecular weight excluding hydrogens is 379 g/mol. The van der Waals surface area contributed by atoms with Gasteiger partial charge < -0.3 is 19.7 Å². The molecule has 2 heterocycles. The molecule has 0 saturated heterocycles. The largest absolute Gasteiger partial charge is 0.573 e. The zero-order valence-corrected chi connectivity index (χ0v) is 14.6. The first-order chi connectivity index (χ1) is 13.2. The number of hydrogen-bond donors (Lipinski definition) is 2. The Morgan fingerprint density at radius 2 is 1.89 bits per heavy atom. The predicted octanol–water partition coefficient (Wildman–Crippen LogP) is 1.86. The van der Waals surface area contributed by atoms with Crippen LogP contribution in [-0.4, -0.2) is 31.0 Å². The minimum atomic E-state index is -4.74. The number of nitrogens with zero attached hydrogens (tertiary/aromatic N) is 4. The topological polar surface area (TPSA) is 94.2 Å². The summed E-state index contributed by atoms with van der Waals surface area (Å²) in [4.78, 5) is 11.5. The maximum absolute atomic E-state index is 12.2. The summed E-state index contributed by atoms with van der Waals surface area (Å²) < 4.78 is 43.4. The Balaban J connectivity index is 1.60. The lowest BCUT2D eigenvalue weighted by molar-refractivity contribution is -0.274. The monoisotopic (exact) mass is 395 g/mol. The summed E-state index contributed by atoms with van der Waals surface area (Å²) >= 11 is 0. The van der Waals surface area contributed by atoms with Crippen molar-refractivity contribution >= 4 is 0 Å². The molecule has 0 atom stereocenters. The van der Waals surface area contributed by atoms with Crippen LogP contribution in [0, 0.1) is 0 Å². The van der Waals surface area contributed by atoms with Crippen LogP contribution in [0.1, 0.15) is 11.4 Å². The number of aryl methyl sites for hydroxylation is 1. The smallest absolute Gasteiger partial charge is 0.503 e. The summed E-state index contributed by atoms with van der Waals surface area (Å²) in [5.41, 5.74) is 1.34. The second-order valence-corrected chi connectivity index (χ2v) is 5.92. The van der Waals surface area contributed by atoms with Gasteiger partial charge >= 0.3 is 6.36 Å². The number of alkyl halides is 3. The molecule has 0 unspecified atom stereocenters. The van der Waals surface area contributed by atoms with Crippen LogP contribution in [0.2, 0.25) is 0 Å². The molecule has 0 spiro atoms. The highest BCUT2D eigenvalue weighted by molar-refractivity contribution is 5.36. The van der Waals surface area contributed by atoms with E-state index in [-0.39, 0.29) is 11.5 Å². The van der Waals surface area contributed by atoms with Crippen LogP contribution in [0.5, 0.6) is 11.5 Å². The molecule has 0 saturated carbocycles. The minimum absolute atomic E-state index is 0.319. The highest BCUT2D eigenvalue weighted by Gasteiger charge is 2.30. The fourth-order valence-electron chi connectivity index (χ4n) is 2.46. The van der Waals surface area contributed by atoms with Gasteiger partial charge in [0.1, 0.15) is 5.75 Å². The van der Waals surface area contributed by atoms with Gasteiger partial charge in [-0.05, 0) is 24.3 Å². The highest BCUT2D eigenvalue weighted by Crippen LogP contribution is 2.23. The SMILES string of the molecule is Cn1cc(O)c(=O)cc1CNCc1cn(-c2ccc(OC(F)(F)F)cc2)nn1. The predicted molar refractivity (Wildman–Crippen MR) is 91.9 cm³/mol. The number of ether oxygens (including phenoxy) is 1. The van der Waals surface area contributed by atoms with Crippen molar-refractivity contribution in [1.29, 1.82) is 0 Å². The lowest BCUT2D eigenvalue weighted by atomic mass is 10.3. The molecule has 0 radical (unpaired) electrons. The van der Waals surface area contributed by atoms with Gasteiger partial charge in [-0.2, -0.15) is 0 Å². The molecule has 0 aliphatic rings. The quantitative estimate of drug-likeness (QED) is 0.662. The third-order valence-electron chi connectivity index (χ3n) is 3.81. The van der Waals surface area contributed by atoms with Crippen molar-refractivity contribution < 1.29 is 23.0 Å². The summed E-state index contributed by atoms with van der Waals surface area (Å²) in [7, 11) is 1.71. The molecule has 148 valence electrons. The van der Waals surface area contributed by atoms with Gasteiger partial charge in [0.15, 0.2) is 5.75 Å². The van der Waals surface area contributed by atoms with E-state index in [1.165, 1.54) is 41.2 Å². The maximum atomic E-state index is 12.2. The number of aromatic hydroxyl groups is 1. The van der Waals surface area contributed by atoms with E-state index in [9.17, 15) is 23.1 Å². The summed E-state index contributed by atoms with van der Waals surface area (Å²) in [6.07, 6.45) is -1.78. The van der Waals surface area contributed by atoms with Crippen molar-refractivity contribution in [2.24, 2.45) is 7.05 Å². The van der Waals surface area contributed by atoms with Gasteiger partial charge in [0.05, 0.1) is 17.6 Å². The van der Waals surface area contributed by atoms with Crippen LogP contribution in [0.4, 0.5) is 13.2 Å². The Kier molecular flexibility index (Phi) is 5.36. The number of nitrogens with one attached hydrogen (secondary N) is 1. The van der Waals surface area contributed by atoms with Crippen LogP contribution in [-0.2, 0) is 20.1 Å². The Morgan fingerprint density at radius 3 is 2.57 bits per heavy atom. The minimum Gasteiger partial charge on any atom is -0.503 e. The molecule has 0 fully saturated rings. The molecule has 1 aromatic carbocycles. The standard InChI is InChI=1S/C17H16F3N5O3/c1-24-10-16(27)15(26)6-13(24)8-21-7-11-9-25(23-22-11)12-2-4-14(5-3-12)28-17(18,19)20/h2-6,9-10,21,27H,7-8H2,1H3. The number of pyridine rings is 1. The number of rotatable bonds is 6. The molecule has 28 heavy (non-hydrogen) atoms. The van der Waals surface area contributed by atoms with Crippen LogP contribution in [0.3, 0.4) is 0 Å². The Hall–Kier alpha value is -3.34. The van der Waals surface area contributed by atoms with Crippen molar-refractivity contribution in [1.82, 2.24) is 24.9 Å². The second kappa shape index (κ2) is 7.72. The molecule has 3 rings (SSSR count). The fraction of sp³-hybridized carbons (Fsp3) is 0.235. The van der Waals surface area contributed by atoms with Gasteiger partial charge in [-0.25, -0.2) is 4.68 Å². The third kappa shape index (κ3) is 4.88. The lowest BCUT2D eigenvalue weighted by Crippen LogP contribution is -2.18. The normalized spacial score (nSPS) is 11.6. The van der Waals surface area contributed by atoms with Crippen molar-refractivity contribution in [2.45, 2.75) is 19.5 Å². The van der Waals surface area contributed by atoms with Crippen LogP contribution < -0.4 is 15.5 Å². The average molecular weight is 395 g/mol. The molecular formula is C17H16F3N5O3. The van der Waals surface area contributed by atoms with Gasteiger partial charge in [-0.3, -0.25) is 4.79 Å². The zero-order chi connectivity index (χ0) is 20.3. The molecule has 0 aliphatic heterocycles. The summed E-state index contributed by atoms with van der Waals surface area (Å²) in [6.45, 7) is 0.715. The molecule has 3 aromatic rings. The number of aromatic nitrogens is 4. The average Bonchev–Trinajstić information content (AvgIpc) is 3.07. The molecule has 2 aromatic heterocycles. The van der Waals surface area contributed by atoms with Crippen molar-refractivity contribution in [3.05, 3.63) is 64.3 Å². The van der Waals surface area contributed by atoms with E-state index in [2.05, 4.69) is 20.4 Å². The Labute approximate surface area is 156 Å². The first-order valence-electron chi connectivity index (χ1n) is 8.08. The van der Waals surface area contributed by atoms with E-state index >= 15 is 0 Å². The molecule has 11 heteroatoms. The zero-order valence-electron chi connectivity index (χ0n) is 14.6. The van der Waals surface area contributed by atoms with Gasteiger partial charge in [-0.1, -0.05) is 5.21 Å². The number of hydrogen-bond acceptors (Lipinski definition) is 6. The van der Waals surface area contributed by atoms with Crippen LogP contribution in [0.15, 0.2) is 47.5 Å². The van der Waals surface area contributed by atoms with Gasteiger partial charge in [0, 0.05) is 38.1 Å². The van der Waals surface area contributed by atoms with Gasteiger partial charge in [0.2, 0.25) is 5.43 Å². The molecule has 0 amide bonds.